The minimum absolute atomic E-state index is 0.0263. The van der Waals surface area contributed by atoms with E-state index in [4.69, 9.17) is 23.7 Å². The normalized spacial score (nSPS) is 21.6. The van der Waals surface area contributed by atoms with Crippen molar-refractivity contribution >= 4 is 11.8 Å². The molecule has 0 N–H and O–H groups in total. The zero-order valence-electron chi connectivity index (χ0n) is 21.7. The van der Waals surface area contributed by atoms with E-state index in [1.165, 1.54) is 0 Å². The van der Waals surface area contributed by atoms with Crippen LogP contribution in [0.25, 0.3) is 0 Å². The van der Waals surface area contributed by atoms with Gasteiger partial charge in [0.25, 0.3) is 0 Å². The van der Waals surface area contributed by atoms with Crippen LogP contribution in [0.15, 0.2) is 48.5 Å². The maximum atomic E-state index is 12.8. The molecule has 2 saturated heterocycles. The Bertz CT molecular complexity index is 1070. The summed E-state index contributed by atoms with van der Waals surface area (Å²) in [6, 6.07) is 16.1. The Kier molecular flexibility index (Phi) is 9.24. The number of hydrogen-bond donors (Lipinski definition) is 0. The summed E-state index contributed by atoms with van der Waals surface area (Å²) in [7, 11) is 0. The van der Waals surface area contributed by atoms with Crippen LogP contribution in [0.2, 0.25) is 0 Å². The first-order chi connectivity index (χ1) is 18.7. The van der Waals surface area contributed by atoms with E-state index in [0.717, 1.165) is 22.4 Å². The molecule has 1 aliphatic carbocycles. The zero-order chi connectivity index (χ0) is 26.2. The molecule has 2 heterocycles. The molecule has 0 aromatic heterocycles. The molecular weight excluding hydrogens is 488 g/mol. The number of morpholine rings is 2. The summed E-state index contributed by atoms with van der Waals surface area (Å²) < 4.78 is 29.3. The van der Waals surface area contributed by atoms with E-state index in [1.54, 1.807) is 9.80 Å². The predicted molar refractivity (Wildman–Crippen MR) is 139 cm³/mol. The van der Waals surface area contributed by atoms with Crippen molar-refractivity contribution in [2.45, 2.75) is 31.7 Å². The third-order valence-electron chi connectivity index (χ3n) is 7.28. The number of benzene rings is 2. The number of hydrogen-bond acceptors (Lipinski definition) is 7. The van der Waals surface area contributed by atoms with Crippen LogP contribution >= 0.6 is 0 Å². The van der Waals surface area contributed by atoms with Gasteiger partial charge < -0.3 is 33.5 Å². The Balaban J connectivity index is 1.27. The summed E-state index contributed by atoms with van der Waals surface area (Å²) in [5.74, 6) is 0.695. The first kappa shape index (κ1) is 26.6. The highest BCUT2D eigenvalue weighted by molar-refractivity contribution is 5.78. The van der Waals surface area contributed by atoms with E-state index >= 15 is 0 Å². The van der Waals surface area contributed by atoms with Gasteiger partial charge in [-0.3, -0.25) is 9.59 Å². The lowest BCUT2D eigenvalue weighted by molar-refractivity contribution is -0.153. The molecule has 2 amide bonds. The Morgan fingerprint density at radius 3 is 1.92 bits per heavy atom. The Morgan fingerprint density at radius 1 is 0.737 bits per heavy atom. The smallest absolute Gasteiger partial charge is 0.248 e. The molecule has 9 heteroatoms. The topological polar surface area (TPSA) is 86.8 Å². The van der Waals surface area contributed by atoms with Gasteiger partial charge in [-0.2, -0.15) is 0 Å². The van der Waals surface area contributed by atoms with E-state index in [1.807, 2.05) is 42.5 Å². The standard InChI is InChI=1S/C29H36N2O7/c32-28(30-9-13-34-14-10-30)20-37-26-17-23-7-4-8-25(36-19-22-5-2-1-3-6-22)24(23)18-27(26)38-21-29(33)31-11-15-35-16-12-31/h1-8,26-27H,9-21H2/t26-,27+/m1/s1. The first-order valence-electron chi connectivity index (χ1n) is 13.4. The van der Waals surface area contributed by atoms with Gasteiger partial charge in [0.1, 0.15) is 25.6 Å². The molecule has 204 valence electrons. The van der Waals surface area contributed by atoms with Crippen LogP contribution in [0, 0.1) is 0 Å². The largest absolute Gasteiger partial charge is 0.489 e. The Hall–Kier alpha value is -2.98. The maximum Gasteiger partial charge on any atom is 0.248 e. The van der Waals surface area contributed by atoms with Crippen molar-refractivity contribution in [1.29, 1.82) is 0 Å². The summed E-state index contributed by atoms with van der Waals surface area (Å²) in [5, 5.41) is 0. The number of fused-ring (bicyclic) bond motifs is 1. The van der Waals surface area contributed by atoms with Gasteiger partial charge in [0.15, 0.2) is 0 Å². The van der Waals surface area contributed by atoms with Crippen LogP contribution in [0.1, 0.15) is 16.7 Å². The molecule has 2 aromatic rings. The van der Waals surface area contributed by atoms with E-state index in [9.17, 15) is 9.59 Å². The number of carbonyl (C=O) groups excluding carboxylic acids is 2. The molecule has 0 saturated carbocycles. The third kappa shape index (κ3) is 6.91. The number of ether oxygens (including phenoxy) is 5. The first-order valence-corrected chi connectivity index (χ1v) is 13.4. The second kappa shape index (κ2) is 13.2. The van der Waals surface area contributed by atoms with Gasteiger partial charge in [0.05, 0.1) is 38.6 Å². The fraction of sp³-hybridized carbons (Fsp3) is 0.517. The number of rotatable bonds is 9. The summed E-state index contributed by atoms with van der Waals surface area (Å²) in [6.45, 7) is 4.87. The number of amides is 2. The Morgan fingerprint density at radius 2 is 1.32 bits per heavy atom. The van der Waals surface area contributed by atoms with E-state index < -0.39 is 0 Å². The summed E-state index contributed by atoms with van der Waals surface area (Å²) in [6.07, 6.45) is 0.374. The van der Waals surface area contributed by atoms with Crippen LogP contribution in [-0.4, -0.2) is 99.6 Å². The van der Waals surface area contributed by atoms with Gasteiger partial charge in [0, 0.05) is 44.6 Å². The number of nitrogens with zero attached hydrogens (tertiary/aromatic N) is 2. The van der Waals surface area contributed by atoms with Crippen molar-refractivity contribution in [1.82, 2.24) is 9.80 Å². The fourth-order valence-corrected chi connectivity index (χ4v) is 5.08. The molecular formula is C29H36N2O7. The fourth-order valence-electron chi connectivity index (χ4n) is 5.08. The molecule has 9 nitrogen and oxygen atoms in total. The van der Waals surface area contributed by atoms with Gasteiger partial charge in [-0.15, -0.1) is 0 Å². The van der Waals surface area contributed by atoms with Gasteiger partial charge in [-0.1, -0.05) is 42.5 Å². The second-order valence-corrected chi connectivity index (χ2v) is 9.76. The molecule has 3 aliphatic rings. The monoisotopic (exact) mass is 524 g/mol. The number of carbonyl (C=O) groups is 2. The van der Waals surface area contributed by atoms with Crippen molar-refractivity contribution in [2.75, 3.05) is 65.8 Å². The van der Waals surface area contributed by atoms with Gasteiger partial charge in [-0.05, 0) is 17.2 Å². The summed E-state index contributed by atoms with van der Waals surface area (Å²) in [5.41, 5.74) is 3.26. The van der Waals surface area contributed by atoms with Gasteiger partial charge in [-0.25, -0.2) is 0 Å². The average molecular weight is 525 g/mol. The van der Waals surface area contributed by atoms with Crippen molar-refractivity contribution in [2.24, 2.45) is 0 Å². The second-order valence-electron chi connectivity index (χ2n) is 9.76. The Labute approximate surface area is 223 Å². The molecule has 0 spiro atoms. The van der Waals surface area contributed by atoms with E-state index in [-0.39, 0.29) is 37.2 Å². The molecule has 2 aliphatic heterocycles. The summed E-state index contributed by atoms with van der Waals surface area (Å²) in [4.78, 5) is 29.1. The van der Waals surface area contributed by atoms with E-state index in [2.05, 4.69) is 6.07 Å². The third-order valence-corrected chi connectivity index (χ3v) is 7.28. The molecule has 5 rings (SSSR count). The van der Waals surface area contributed by atoms with Crippen molar-refractivity contribution < 1.29 is 33.3 Å². The molecule has 0 radical (unpaired) electrons. The minimum atomic E-state index is -0.383. The molecule has 0 unspecified atom stereocenters. The predicted octanol–water partition coefficient (Wildman–Crippen LogP) is 1.85. The zero-order valence-corrected chi connectivity index (χ0v) is 21.7. The van der Waals surface area contributed by atoms with Gasteiger partial charge >= 0.3 is 0 Å². The highest BCUT2D eigenvalue weighted by Crippen LogP contribution is 2.33. The van der Waals surface area contributed by atoms with Crippen LogP contribution in [0.3, 0.4) is 0 Å². The maximum absolute atomic E-state index is 12.8. The lowest BCUT2D eigenvalue weighted by Gasteiger charge is -2.35. The van der Waals surface area contributed by atoms with E-state index in [0.29, 0.717) is 72.1 Å². The van der Waals surface area contributed by atoms with Crippen molar-refractivity contribution in [3.8, 4) is 5.75 Å². The lowest BCUT2D eigenvalue weighted by atomic mass is 9.87. The SMILES string of the molecule is O=C(CO[C@H]1Cc2c(cccc2OCc2ccccc2)C[C@H]1OCC(=O)N1CCOCC1)N1CCOCC1. The van der Waals surface area contributed by atoms with Crippen LogP contribution in [-0.2, 0) is 48.0 Å². The van der Waals surface area contributed by atoms with Gasteiger partial charge in [0.2, 0.25) is 11.8 Å². The van der Waals surface area contributed by atoms with Crippen LogP contribution in [0.4, 0.5) is 0 Å². The average Bonchev–Trinajstić information content (AvgIpc) is 2.98. The lowest BCUT2D eigenvalue weighted by Crippen LogP contribution is -2.47. The molecule has 0 bridgehead atoms. The molecule has 2 aromatic carbocycles. The van der Waals surface area contributed by atoms with Crippen LogP contribution < -0.4 is 4.74 Å². The summed E-state index contributed by atoms with van der Waals surface area (Å²) >= 11 is 0. The quantitative estimate of drug-likeness (QED) is 0.495. The highest BCUT2D eigenvalue weighted by Gasteiger charge is 2.34. The minimum Gasteiger partial charge on any atom is -0.489 e. The molecule has 2 fully saturated rings. The molecule has 38 heavy (non-hydrogen) atoms. The molecule has 2 atom stereocenters. The van der Waals surface area contributed by atoms with Crippen LogP contribution in [0.5, 0.6) is 5.75 Å². The van der Waals surface area contributed by atoms with Crippen molar-refractivity contribution in [3.05, 3.63) is 65.2 Å². The highest BCUT2D eigenvalue weighted by atomic mass is 16.5. The van der Waals surface area contributed by atoms with Crippen molar-refractivity contribution in [3.63, 3.8) is 0 Å².